The highest BCUT2D eigenvalue weighted by atomic mass is 32.1. The average Bonchev–Trinajstić information content (AvgIpc) is 3.90. The van der Waals surface area contributed by atoms with Crippen LogP contribution in [0.1, 0.15) is 43.1 Å². The van der Waals surface area contributed by atoms with Crippen LogP contribution in [0.2, 0.25) is 0 Å². The van der Waals surface area contributed by atoms with Gasteiger partial charge in [0.05, 0.1) is 20.8 Å². The summed E-state index contributed by atoms with van der Waals surface area (Å²) in [5.74, 6) is -0.555. The fourth-order valence-electron chi connectivity index (χ4n) is 6.15. The first-order valence-corrected chi connectivity index (χ1v) is 17.8. The van der Waals surface area contributed by atoms with Crippen LogP contribution in [0.25, 0.3) is 31.9 Å². The Hall–Kier alpha value is -6.56. The monoisotopic (exact) mass is 724 g/mol. The summed E-state index contributed by atoms with van der Waals surface area (Å²) in [6.07, 6.45) is 0.686. The smallest absolute Gasteiger partial charge is 0.356 e. The van der Waals surface area contributed by atoms with E-state index in [-0.39, 0.29) is 17.4 Å². The molecule has 14 heteroatoms. The molecule has 0 unspecified atom stereocenters. The number of hydrogen-bond donors (Lipinski definition) is 4. The van der Waals surface area contributed by atoms with Gasteiger partial charge >= 0.3 is 5.97 Å². The number of rotatable bonds is 9. The number of aromatic carboxylic acids is 1. The van der Waals surface area contributed by atoms with Crippen LogP contribution in [0.15, 0.2) is 91.0 Å². The molecule has 4 heterocycles. The summed E-state index contributed by atoms with van der Waals surface area (Å²) in [5, 5.41) is 30.3. The van der Waals surface area contributed by atoms with Gasteiger partial charge in [-0.2, -0.15) is 10.4 Å². The number of nitrogens with two attached hydrogens (primary N) is 1. The SMILES string of the molecule is N#Cc1c(N)n[nH]c1-c1ccc(OCc2ccc(-c3sc(N4CCc5cccc(C(=O)Nc6nc7ccccc7s6)c5C4)nc3C(=O)O)cc2)cc1. The Balaban J connectivity index is 0.966. The largest absolute Gasteiger partial charge is 0.489 e. The number of carboxylic acid groups (broad SMARTS) is 1. The quantitative estimate of drug-likeness (QED) is 0.117. The van der Waals surface area contributed by atoms with Gasteiger partial charge in [-0.1, -0.05) is 71.2 Å². The second kappa shape index (κ2) is 13.6. The minimum absolute atomic E-state index is 0.0182. The van der Waals surface area contributed by atoms with Crippen molar-refractivity contribution in [1.29, 1.82) is 5.26 Å². The molecule has 4 aromatic carbocycles. The van der Waals surface area contributed by atoms with Gasteiger partial charge in [-0.05, 0) is 71.1 Å². The van der Waals surface area contributed by atoms with Gasteiger partial charge in [0, 0.05) is 24.2 Å². The van der Waals surface area contributed by atoms with E-state index in [4.69, 9.17) is 10.5 Å². The third-order valence-electron chi connectivity index (χ3n) is 8.79. The first-order valence-electron chi connectivity index (χ1n) is 16.2. The zero-order valence-electron chi connectivity index (χ0n) is 27.3. The lowest BCUT2D eigenvalue weighted by Gasteiger charge is -2.29. The number of nitriles is 1. The van der Waals surface area contributed by atoms with Gasteiger partial charge in [0.1, 0.15) is 24.0 Å². The van der Waals surface area contributed by atoms with E-state index in [2.05, 4.69) is 31.6 Å². The summed E-state index contributed by atoms with van der Waals surface area (Å²) in [7, 11) is 0. The molecule has 1 amide bonds. The molecule has 8 rings (SSSR count). The number of H-pyrrole nitrogens is 1. The highest BCUT2D eigenvalue weighted by Gasteiger charge is 2.27. The normalized spacial score (nSPS) is 12.3. The van der Waals surface area contributed by atoms with Crippen molar-refractivity contribution in [2.45, 2.75) is 19.6 Å². The number of aromatic nitrogens is 4. The molecular weight excluding hydrogens is 697 g/mol. The number of thiazole rings is 2. The third-order valence-corrected chi connectivity index (χ3v) is 10.9. The molecule has 256 valence electrons. The van der Waals surface area contributed by atoms with Crippen LogP contribution in [0.4, 0.5) is 16.1 Å². The Morgan fingerprint density at radius 1 is 0.981 bits per heavy atom. The number of para-hydroxylation sites is 1. The number of anilines is 3. The summed E-state index contributed by atoms with van der Waals surface area (Å²) in [4.78, 5) is 37.6. The minimum atomic E-state index is -1.11. The Labute approximate surface area is 304 Å². The molecule has 12 nitrogen and oxygen atoms in total. The Morgan fingerprint density at radius 3 is 2.54 bits per heavy atom. The topological polar surface area (TPSA) is 183 Å². The van der Waals surface area contributed by atoms with Crippen LogP contribution in [0.3, 0.4) is 0 Å². The van der Waals surface area contributed by atoms with Crippen molar-refractivity contribution >= 4 is 60.8 Å². The molecule has 0 radical (unpaired) electrons. The van der Waals surface area contributed by atoms with Crippen LogP contribution in [-0.2, 0) is 19.6 Å². The van der Waals surface area contributed by atoms with Crippen molar-refractivity contribution in [2.75, 3.05) is 22.5 Å². The van der Waals surface area contributed by atoms with Crippen molar-refractivity contribution in [1.82, 2.24) is 20.2 Å². The number of carboxylic acids is 1. The second-order valence-corrected chi connectivity index (χ2v) is 14.0. The highest BCUT2D eigenvalue weighted by molar-refractivity contribution is 7.22. The van der Waals surface area contributed by atoms with Crippen molar-refractivity contribution in [3.8, 4) is 33.5 Å². The standard InChI is InChI=1S/C38H28N8O4S2/c39-18-27-31(44-45-34(27)40)23-12-14-25(15-13-23)50-20-21-8-10-24(11-9-21)33-32(36(48)49)42-38(52-33)46-17-16-22-4-3-5-26(28(22)19-46)35(47)43-37-41-29-6-1-2-7-30(29)51-37/h1-15H,16-17,19-20H2,(H,48,49)(H3,40,44,45)(H,41,43,47). The molecule has 0 saturated heterocycles. The van der Waals surface area contributed by atoms with E-state index in [1.165, 1.54) is 22.7 Å². The molecule has 52 heavy (non-hydrogen) atoms. The van der Waals surface area contributed by atoms with Crippen molar-refractivity contribution in [3.05, 3.63) is 125 Å². The molecule has 0 bridgehead atoms. The number of hydrogen-bond acceptors (Lipinski definition) is 11. The van der Waals surface area contributed by atoms with Gasteiger partial charge in [-0.15, -0.1) is 0 Å². The molecule has 1 aliphatic rings. The number of nitrogens with one attached hydrogen (secondary N) is 2. The van der Waals surface area contributed by atoms with Crippen molar-refractivity contribution < 1.29 is 19.4 Å². The van der Waals surface area contributed by atoms with E-state index in [1.54, 1.807) is 12.1 Å². The number of aromatic amines is 1. The maximum atomic E-state index is 13.5. The lowest BCUT2D eigenvalue weighted by atomic mass is 9.94. The predicted molar refractivity (Wildman–Crippen MR) is 201 cm³/mol. The Morgan fingerprint density at radius 2 is 1.77 bits per heavy atom. The van der Waals surface area contributed by atoms with Crippen LogP contribution >= 0.6 is 22.7 Å². The number of nitrogens with zero attached hydrogens (tertiary/aromatic N) is 5. The van der Waals surface area contributed by atoms with Gasteiger partial charge in [0.2, 0.25) is 0 Å². The van der Waals surface area contributed by atoms with Crippen molar-refractivity contribution in [3.63, 3.8) is 0 Å². The fourth-order valence-corrected chi connectivity index (χ4v) is 8.10. The van der Waals surface area contributed by atoms with E-state index in [0.29, 0.717) is 63.8 Å². The van der Waals surface area contributed by atoms with E-state index < -0.39 is 5.97 Å². The van der Waals surface area contributed by atoms with Gasteiger partial charge in [-0.3, -0.25) is 15.2 Å². The number of nitrogen functional groups attached to an aromatic ring is 1. The summed E-state index contributed by atoms with van der Waals surface area (Å²) >= 11 is 2.75. The van der Waals surface area contributed by atoms with Gasteiger partial charge in [0.25, 0.3) is 5.91 Å². The van der Waals surface area contributed by atoms with Gasteiger partial charge in [0.15, 0.2) is 21.8 Å². The van der Waals surface area contributed by atoms with Crippen LogP contribution < -0.4 is 20.7 Å². The van der Waals surface area contributed by atoms with Crippen LogP contribution in [0, 0.1) is 11.3 Å². The lowest BCUT2D eigenvalue weighted by Crippen LogP contribution is -2.32. The molecule has 7 aromatic rings. The van der Waals surface area contributed by atoms with Crippen molar-refractivity contribution in [2.24, 2.45) is 0 Å². The fraction of sp³-hybridized carbons (Fsp3) is 0.105. The molecule has 0 spiro atoms. The number of ether oxygens (including phenoxy) is 1. The molecule has 0 saturated carbocycles. The number of carbonyl (C=O) groups excluding carboxylic acids is 1. The average molecular weight is 725 g/mol. The first kappa shape index (κ1) is 32.6. The Bertz CT molecular complexity index is 2480. The Kier molecular flexibility index (Phi) is 8.55. The first-order chi connectivity index (χ1) is 25.3. The molecule has 0 fully saturated rings. The molecule has 5 N–H and O–H groups in total. The van der Waals surface area contributed by atoms with Gasteiger partial charge < -0.3 is 20.5 Å². The third kappa shape index (κ3) is 6.30. The molecule has 0 atom stereocenters. The molecule has 1 aliphatic heterocycles. The maximum absolute atomic E-state index is 13.5. The zero-order valence-corrected chi connectivity index (χ0v) is 28.9. The van der Waals surface area contributed by atoms with E-state index >= 15 is 0 Å². The molecular formula is C38H28N8O4S2. The number of carbonyl (C=O) groups is 2. The maximum Gasteiger partial charge on any atom is 0.356 e. The van der Waals surface area contributed by atoms with E-state index in [1.807, 2.05) is 83.8 Å². The number of amides is 1. The predicted octanol–water partition coefficient (Wildman–Crippen LogP) is 7.36. The summed E-state index contributed by atoms with van der Waals surface area (Å²) in [6, 6.07) is 30.3. The minimum Gasteiger partial charge on any atom is -0.489 e. The van der Waals surface area contributed by atoms with E-state index in [9.17, 15) is 20.0 Å². The summed E-state index contributed by atoms with van der Waals surface area (Å²) < 4.78 is 6.97. The van der Waals surface area contributed by atoms with Gasteiger partial charge in [-0.25, -0.2) is 14.8 Å². The molecule has 0 aliphatic carbocycles. The van der Waals surface area contributed by atoms with Crippen LogP contribution in [0.5, 0.6) is 5.75 Å². The van der Waals surface area contributed by atoms with Crippen LogP contribution in [-0.4, -0.2) is 43.7 Å². The van der Waals surface area contributed by atoms with E-state index in [0.717, 1.165) is 38.0 Å². The number of fused-ring (bicyclic) bond motifs is 2. The lowest BCUT2D eigenvalue weighted by molar-refractivity contribution is 0.0692. The highest BCUT2D eigenvalue weighted by Crippen LogP contribution is 2.38. The summed E-state index contributed by atoms with van der Waals surface area (Å²) in [5.41, 5.74) is 12.3. The summed E-state index contributed by atoms with van der Waals surface area (Å²) in [6.45, 7) is 1.34. The zero-order chi connectivity index (χ0) is 35.8. The second-order valence-electron chi connectivity index (χ2n) is 12.0. The number of benzene rings is 4. The molecule has 3 aromatic heterocycles.